The fourth-order valence-electron chi connectivity index (χ4n) is 2.81. The van der Waals surface area contributed by atoms with E-state index in [1.54, 1.807) is 0 Å². The van der Waals surface area contributed by atoms with Gasteiger partial charge in [-0.05, 0) is 19.4 Å². The van der Waals surface area contributed by atoms with Crippen LogP contribution in [-0.4, -0.2) is 54.3 Å². The van der Waals surface area contributed by atoms with Gasteiger partial charge in [-0.25, -0.2) is 0 Å². The highest BCUT2D eigenvalue weighted by atomic mass is 32.2. The first-order chi connectivity index (χ1) is 8.79. The molecular formula is C13H25NO3S. The molecule has 2 aliphatic rings. The first-order valence-corrected chi connectivity index (χ1v) is 8.08. The normalized spacial score (nSPS) is 31.0. The molecule has 0 radical (unpaired) electrons. The van der Waals surface area contributed by atoms with Crippen molar-refractivity contribution in [2.75, 3.05) is 32.1 Å². The summed E-state index contributed by atoms with van der Waals surface area (Å²) in [6.07, 6.45) is 4.19. The van der Waals surface area contributed by atoms with Gasteiger partial charge in [0.2, 0.25) is 0 Å². The summed E-state index contributed by atoms with van der Waals surface area (Å²) in [5.74, 6) is 0.475. The molecule has 2 N–H and O–H groups in total. The third-order valence-electron chi connectivity index (χ3n) is 3.69. The first-order valence-electron chi connectivity index (χ1n) is 7.03. The standard InChI is InChI=1S/C13H25NO3S/c1-2-5-14-11-3-4-13(16-7-8-17-13)10-12(11)18-9-6-15/h11-12,14-15H,2-10H2,1H3. The van der Waals surface area contributed by atoms with Crippen molar-refractivity contribution in [2.24, 2.45) is 0 Å². The molecule has 106 valence electrons. The second-order valence-corrected chi connectivity index (χ2v) is 6.39. The summed E-state index contributed by atoms with van der Waals surface area (Å²) in [6.45, 7) is 4.96. The molecule has 0 bridgehead atoms. The average Bonchev–Trinajstić information content (AvgIpc) is 2.83. The molecule has 5 heteroatoms. The summed E-state index contributed by atoms with van der Waals surface area (Å²) >= 11 is 1.84. The summed E-state index contributed by atoms with van der Waals surface area (Å²) in [7, 11) is 0. The molecule has 0 aromatic carbocycles. The van der Waals surface area contributed by atoms with Gasteiger partial charge in [0.15, 0.2) is 5.79 Å². The second kappa shape index (κ2) is 7.10. The van der Waals surface area contributed by atoms with Crippen LogP contribution in [0.2, 0.25) is 0 Å². The lowest BCUT2D eigenvalue weighted by molar-refractivity contribution is -0.178. The van der Waals surface area contributed by atoms with Crippen LogP contribution < -0.4 is 5.32 Å². The predicted octanol–water partition coefficient (Wildman–Crippen LogP) is 1.38. The Hall–Kier alpha value is 0.190. The van der Waals surface area contributed by atoms with Gasteiger partial charge in [0, 0.05) is 29.9 Å². The molecule has 1 saturated carbocycles. The number of aliphatic hydroxyl groups excluding tert-OH is 1. The number of ether oxygens (including phenoxy) is 2. The predicted molar refractivity (Wildman–Crippen MR) is 73.9 cm³/mol. The van der Waals surface area contributed by atoms with E-state index < -0.39 is 0 Å². The van der Waals surface area contributed by atoms with Crippen LogP contribution in [0.15, 0.2) is 0 Å². The van der Waals surface area contributed by atoms with Crippen molar-refractivity contribution in [1.82, 2.24) is 5.32 Å². The molecule has 18 heavy (non-hydrogen) atoms. The van der Waals surface area contributed by atoms with Gasteiger partial charge in [-0.15, -0.1) is 0 Å². The van der Waals surface area contributed by atoms with E-state index >= 15 is 0 Å². The minimum atomic E-state index is -0.322. The van der Waals surface area contributed by atoms with Crippen LogP contribution in [0.25, 0.3) is 0 Å². The smallest absolute Gasteiger partial charge is 0.169 e. The number of nitrogens with one attached hydrogen (secondary N) is 1. The molecule has 1 aliphatic carbocycles. The van der Waals surface area contributed by atoms with E-state index in [0.717, 1.165) is 51.2 Å². The zero-order valence-electron chi connectivity index (χ0n) is 11.2. The summed E-state index contributed by atoms with van der Waals surface area (Å²) in [5.41, 5.74) is 0. The van der Waals surface area contributed by atoms with Crippen LogP contribution in [0.4, 0.5) is 0 Å². The zero-order chi connectivity index (χ0) is 12.8. The molecule has 0 aromatic rings. The highest BCUT2D eigenvalue weighted by Crippen LogP contribution is 2.40. The highest BCUT2D eigenvalue weighted by Gasteiger charge is 2.44. The lowest BCUT2D eigenvalue weighted by atomic mass is 9.89. The van der Waals surface area contributed by atoms with E-state index in [1.165, 1.54) is 0 Å². The molecule has 2 rings (SSSR count). The topological polar surface area (TPSA) is 50.7 Å². The van der Waals surface area contributed by atoms with Gasteiger partial charge < -0.3 is 19.9 Å². The van der Waals surface area contributed by atoms with E-state index in [0.29, 0.717) is 11.3 Å². The molecule has 0 aromatic heterocycles. The zero-order valence-corrected chi connectivity index (χ0v) is 12.0. The maximum Gasteiger partial charge on any atom is 0.169 e. The van der Waals surface area contributed by atoms with Crippen molar-refractivity contribution in [1.29, 1.82) is 0 Å². The Morgan fingerprint density at radius 3 is 2.83 bits per heavy atom. The van der Waals surface area contributed by atoms with Crippen molar-refractivity contribution in [3.8, 4) is 0 Å². The summed E-state index contributed by atoms with van der Waals surface area (Å²) in [4.78, 5) is 0. The van der Waals surface area contributed by atoms with E-state index in [-0.39, 0.29) is 12.4 Å². The van der Waals surface area contributed by atoms with Gasteiger partial charge >= 0.3 is 0 Å². The quantitative estimate of drug-likeness (QED) is 0.767. The number of rotatable bonds is 6. The second-order valence-electron chi connectivity index (χ2n) is 5.04. The van der Waals surface area contributed by atoms with Crippen LogP contribution in [0, 0.1) is 0 Å². The third kappa shape index (κ3) is 3.61. The molecule has 1 saturated heterocycles. The largest absolute Gasteiger partial charge is 0.396 e. The van der Waals surface area contributed by atoms with Crippen molar-refractivity contribution < 1.29 is 14.6 Å². The van der Waals surface area contributed by atoms with E-state index in [4.69, 9.17) is 14.6 Å². The van der Waals surface area contributed by atoms with Crippen LogP contribution in [0.3, 0.4) is 0 Å². The maximum atomic E-state index is 9.01. The monoisotopic (exact) mass is 275 g/mol. The number of hydrogen-bond acceptors (Lipinski definition) is 5. The molecule has 1 spiro atoms. The maximum absolute atomic E-state index is 9.01. The Kier molecular flexibility index (Phi) is 5.76. The Bertz CT molecular complexity index is 246. The Labute approximate surface area is 114 Å². The van der Waals surface area contributed by atoms with Crippen LogP contribution in [0.1, 0.15) is 32.6 Å². The van der Waals surface area contributed by atoms with Gasteiger partial charge in [-0.1, -0.05) is 6.92 Å². The summed E-state index contributed by atoms with van der Waals surface area (Å²) in [5, 5.41) is 13.1. The number of aliphatic hydroxyl groups is 1. The molecule has 2 atom stereocenters. The Morgan fingerprint density at radius 2 is 2.17 bits per heavy atom. The Balaban J connectivity index is 1.91. The molecule has 1 heterocycles. The number of thioether (sulfide) groups is 1. The van der Waals surface area contributed by atoms with Gasteiger partial charge in [-0.2, -0.15) is 11.8 Å². The van der Waals surface area contributed by atoms with Crippen LogP contribution in [-0.2, 0) is 9.47 Å². The van der Waals surface area contributed by atoms with E-state index in [9.17, 15) is 0 Å². The molecule has 2 fully saturated rings. The SMILES string of the molecule is CCCNC1CCC2(CC1SCCO)OCCO2. The third-order valence-corrected chi connectivity index (χ3v) is 5.03. The van der Waals surface area contributed by atoms with Crippen LogP contribution in [0.5, 0.6) is 0 Å². The average molecular weight is 275 g/mol. The highest BCUT2D eigenvalue weighted by molar-refractivity contribution is 8.00. The minimum absolute atomic E-state index is 0.246. The summed E-state index contributed by atoms with van der Waals surface area (Å²) < 4.78 is 11.6. The minimum Gasteiger partial charge on any atom is -0.396 e. The molecule has 0 amide bonds. The number of hydrogen-bond donors (Lipinski definition) is 2. The van der Waals surface area contributed by atoms with Crippen molar-refractivity contribution in [3.05, 3.63) is 0 Å². The summed E-state index contributed by atoms with van der Waals surface area (Å²) in [6, 6.07) is 0.528. The lowest BCUT2D eigenvalue weighted by Crippen LogP contribution is -2.50. The van der Waals surface area contributed by atoms with Crippen molar-refractivity contribution >= 4 is 11.8 Å². The molecule has 1 aliphatic heterocycles. The molecular weight excluding hydrogens is 250 g/mol. The van der Waals surface area contributed by atoms with Crippen molar-refractivity contribution in [2.45, 2.75) is 49.7 Å². The Morgan fingerprint density at radius 1 is 1.39 bits per heavy atom. The van der Waals surface area contributed by atoms with E-state index in [2.05, 4.69) is 12.2 Å². The fraction of sp³-hybridized carbons (Fsp3) is 1.00. The van der Waals surface area contributed by atoms with Crippen molar-refractivity contribution in [3.63, 3.8) is 0 Å². The van der Waals surface area contributed by atoms with Gasteiger partial charge in [0.05, 0.1) is 19.8 Å². The van der Waals surface area contributed by atoms with E-state index in [1.807, 2.05) is 11.8 Å². The van der Waals surface area contributed by atoms with Gasteiger partial charge in [0.25, 0.3) is 0 Å². The molecule has 2 unspecified atom stereocenters. The lowest BCUT2D eigenvalue weighted by Gasteiger charge is -2.41. The molecule has 4 nitrogen and oxygen atoms in total. The van der Waals surface area contributed by atoms with Gasteiger partial charge in [-0.3, -0.25) is 0 Å². The van der Waals surface area contributed by atoms with Gasteiger partial charge in [0.1, 0.15) is 0 Å². The first kappa shape index (κ1) is 14.6. The van der Waals surface area contributed by atoms with Crippen LogP contribution >= 0.6 is 11.8 Å². The fourth-order valence-corrected chi connectivity index (χ4v) is 4.06.